The molecular weight excluding hydrogens is 226 g/mol. The molecule has 1 unspecified atom stereocenters. The van der Waals surface area contributed by atoms with Gasteiger partial charge in [0.1, 0.15) is 18.3 Å². The third-order valence-corrected chi connectivity index (χ3v) is 3.48. The quantitative estimate of drug-likeness (QED) is 0.382. The number of rotatable bonds is 5. The van der Waals surface area contributed by atoms with Crippen molar-refractivity contribution in [2.45, 2.75) is 50.2 Å². The molecule has 0 aromatic heterocycles. The van der Waals surface area contributed by atoms with Crippen LogP contribution in [0.2, 0.25) is 0 Å². The standard InChI is InChI=1S/C11H23NO5/c1-2-3-4-12-7(5-13)9(15)11(17)10(16)8(12)6-14/h7-11,13-17H,2-6H2,1H3/t7-,8-,9-,10+,11?/m1/s1. The first-order valence-electron chi connectivity index (χ1n) is 6.10. The van der Waals surface area contributed by atoms with Gasteiger partial charge in [-0.05, 0) is 13.0 Å². The normalized spacial score (nSPS) is 39.5. The lowest BCUT2D eigenvalue weighted by Gasteiger charge is -2.48. The highest BCUT2D eigenvalue weighted by molar-refractivity contribution is 4.99. The molecule has 6 heteroatoms. The van der Waals surface area contributed by atoms with Gasteiger partial charge >= 0.3 is 0 Å². The largest absolute Gasteiger partial charge is 0.395 e. The Balaban J connectivity index is 2.84. The highest BCUT2D eigenvalue weighted by Crippen LogP contribution is 2.24. The van der Waals surface area contributed by atoms with E-state index in [1.54, 1.807) is 4.90 Å². The fourth-order valence-corrected chi connectivity index (χ4v) is 2.39. The number of piperidine rings is 1. The van der Waals surface area contributed by atoms with E-state index in [9.17, 15) is 25.5 Å². The van der Waals surface area contributed by atoms with Gasteiger partial charge in [0.2, 0.25) is 0 Å². The Kier molecular flexibility index (Phi) is 5.78. The first-order valence-corrected chi connectivity index (χ1v) is 6.10. The van der Waals surface area contributed by atoms with Crippen LogP contribution in [0.4, 0.5) is 0 Å². The van der Waals surface area contributed by atoms with E-state index in [1.807, 2.05) is 6.92 Å². The topological polar surface area (TPSA) is 104 Å². The lowest BCUT2D eigenvalue weighted by atomic mass is 9.88. The molecule has 0 aromatic carbocycles. The number of hydrogen-bond donors (Lipinski definition) is 5. The molecule has 0 amide bonds. The van der Waals surface area contributed by atoms with Crippen LogP contribution in [0.5, 0.6) is 0 Å². The van der Waals surface area contributed by atoms with Crippen molar-refractivity contribution in [1.82, 2.24) is 4.90 Å². The Morgan fingerprint density at radius 2 is 1.35 bits per heavy atom. The van der Waals surface area contributed by atoms with Crippen molar-refractivity contribution < 1.29 is 25.5 Å². The Morgan fingerprint density at radius 3 is 1.71 bits per heavy atom. The third-order valence-electron chi connectivity index (χ3n) is 3.48. The second kappa shape index (κ2) is 6.63. The minimum Gasteiger partial charge on any atom is -0.395 e. The van der Waals surface area contributed by atoms with Gasteiger partial charge < -0.3 is 25.5 Å². The summed E-state index contributed by atoms with van der Waals surface area (Å²) in [5.74, 6) is 0. The lowest BCUT2D eigenvalue weighted by Crippen LogP contribution is -2.68. The second-order valence-corrected chi connectivity index (χ2v) is 4.56. The molecule has 102 valence electrons. The summed E-state index contributed by atoms with van der Waals surface area (Å²) in [5, 5.41) is 47.8. The van der Waals surface area contributed by atoms with Gasteiger partial charge in [-0.1, -0.05) is 13.3 Å². The number of likely N-dealkylation sites (tertiary alicyclic amines) is 1. The van der Waals surface area contributed by atoms with Crippen molar-refractivity contribution in [3.63, 3.8) is 0 Å². The van der Waals surface area contributed by atoms with Gasteiger partial charge in [-0.2, -0.15) is 0 Å². The fraction of sp³-hybridized carbons (Fsp3) is 1.00. The molecular formula is C11H23NO5. The van der Waals surface area contributed by atoms with E-state index in [2.05, 4.69) is 0 Å². The summed E-state index contributed by atoms with van der Waals surface area (Å²) in [5.41, 5.74) is 0. The summed E-state index contributed by atoms with van der Waals surface area (Å²) in [6.45, 7) is 1.94. The SMILES string of the molecule is CCCCN1[C@H](CO)[C@H](O)C(O)[C@H](O)[C@H]1CO. The van der Waals surface area contributed by atoms with Crippen molar-refractivity contribution in [3.05, 3.63) is 0 Å². The molecule has 0 spiro atoms. The molecule has 0 saturated carbocycles. The minimum atomic E-state index is -1.33. The Labute approximate surface area is 101 Å². The Hall–Kier alpha value is -0.240. The highest BCUT2D eigenvalue weighted by atomic mass is 16.4. The van der Waals surface area contributed by atoms with Crippen LogP contribution >= 0.6 is 0 Å². The van der Waals surface area contributed by atoms with Crippen molar-refractivity contribution in [2.75, 3.05) is 19.8 Å². The van der Waals surface area contributed by atoms with E-state index in [4.69, 9.17) is 0 Å². The van der Waals surface area contributed by atoms with Crippen LogP contribution in [0.15, 0.2) is 0 Å². The molecule has 1 saturated heterocycles. The maximum atomic E-state index is 9.80. The predicted octanol–water partition coefficient (Wildman–Crippen LogP) is -2.09. The van der Waals surface area contributed by atoms with Gasteiger partial charge in [0.15, 0.2) is 0 Å². The molecule has 1 fully saturated rings. The average Bonchev–Trinajstić information content (AvgIpc) is 2.34. The molecule has 17 heavy (non-hydrogen) atoms. The highest BCUT2D eigenvalue weighted by Gasteiger charge is 2.46. The van der Waals surface area contributed by atoms with E-state index in [1.165, 1.54) is 0 Å². The zero-order chi connectivity index (χ0) is 13.0. The van der Waals surface area contributed by atoms with Gasteiger partial charge in [-0.25, -0.2) is 0 Å². The number of nitrogens with zero attached hydrogens (tertiary/aromatic N) is 1. The second-order valence-electron chi connectivity index (χ2n) is 4.56. The zero-order valence-electron chi connectivity index (χ0n) is 10.1. The Morgan fingerprint density at radius 1 is 0.882 bits per heavy atom. The summed E-state index contributed by atoms with van der Waals surface area (Å²) in [6, 6.07) is -1.28. The Bertz CT molecular complexity index is 210. The molecule has 1 rings (SSSR count). The minimum absolute atomic E-state index is 0.314. The zero-order valence-corrected chi connectivity index (χ0v) is 10.1. The van der Waals surface area contributed by atoms with E-state index < -0.39 is 30.4 Å². The monoisotopic (exact) mass is 249 g/mol. The van der Waals surface area contributed by atoms with Crippen LogP contribution in [-0.2, 0) is 0 Å². The van der Waals surface area contributed by atoms with Gasteiger partial charge in [-0.15, -0.1) is 0 Å². The van der Waals surface area contributed by atoms with Crippen LogP contribution in [0, 0.1) is 0 Å². The summed E-state index contributed by atoms with van der Waals surface area (Å²) >= 11 is 0. The molecule has 1 heterocycles. The summed E-state index contributed by atoms with van der Waals surface area (Å²) in [4.78, 5) is 1.69. The first kappa shape index (κ1) is 14.8. The molecule has 5 N–H and O–H groups in total. The average molecular weight is 249 g/mol. The molecule has 0 radical (unpaired) electrons. The molecule has 1 aliphatic rings. The molecule has 0 aliphatic carbocycles. The molecule has 0 bridgehead atoms. The van der Waals surface area contributed by atoms with Crippen LogP contribution < -0.4 is 0 Å². The van der Waals surface area contributed by atoms with Crippen molar-refractivity contribution in [3.8, 4) is 0 Å². The fourth-order valence-electron chi connectivity index (χ4n) is 2.39. The van der Waals surface area contributed by atoms with E-state index >= 15 is 0 Å². The third kappa shape index (κ3) is 2.96. The van der Waals surface area contributed by atoms with Crippen LogP contribution in [0.25, 0.3) is 0 Å². The van der Waals surface area contributed by atoms with Crippen molar-refractivity contribution >= 4 is 0 Å². The lowest BCUT2D eigenvalue weighted by molar-refractivity contribution is -0.177. The van der Waals surface area contributed by atoms with E-state index in [-0.39, 0.29) is 13.2 Å². The first-order chi connectivity index (χ1) is 8.08. The molecule has 0 aromatic rings. The van der Waals surface area contributed by atoms with Gasteiger partial charge in [-0.3, -0.25) is 4.90 Å². The molecule has 1 aliphatic heterocycles. The number of hydrogen-bond acceptors (Lipinski definition) is 6. The summed E-state index contributed by atoms with van der Waals surface area (Å²) < 4.78 is 0. The van der Waals surface area contributed by atoms with Crippen LogP contribution in [0.3, 0.4) is 0 Å². The van der Waals surface area contributed by atoms with Crippen molar-refractivity contribution in [2.24, 2.45) is 0 Å². The smallest absolute Gasteiger partial charge is 0.109 e. The van der Waals surface area contributed by atoms with Crippen LogP contribution in [0.1, 0.15) is 19.8 Å². The van der Waals surface area contributed by atoms with Gasteiger partial charge in [0, 0.05) is 0 Å². The predicted molar refractivity (Wildman–Crippen MR) is 61.4 cm³/mol. The van der Waals surface area contributed by atoms with E-state index in [0.717, 1.165) is 12.8 Å². The number of aliphatic hydroxyl groups excluding tert-OH is 5. The maximum absolute atomic E-state index is 9.80. The maximum Gasteiger partial charge on any atom is 0.109 e. The van der Waals surface area contributed by atoms with Crippen molar-refractivity contribution in [1.29, 1.82) is 0 Å². The molecule has 6 nitrogen and oxygen atoms in total. The summed E-state index contributed by atoms with van der Waals surface area (Å²) in [6.07, 6.45) is -1.96. The van der Waals surface area contributed by atoms with E-state index in [0.29, 0.717) is 6.54 Å². The van der Waals surface area contributed by atoms with Gasteiger partial charge in [0.05, 0.1) is 25.3 Å². The van der Waals surface area contributed by atoms with Crippen LogP contribution in [-0.4, -0.2) is 80.6 Å². The molecule has 5 atom stereocenters. The van der Waals surface area contributed by atoms with Gasteiger partial charge in [0.25, 0.3) is 0 Å². The number of aliphatic hydroxyl groups is 5. The summed E-state index contributed by atoms with van der Waals surface area (Å²) in [7, 11) is 0. The number of unbranched alkanes of at least 4 members (excludes halogenated alkanes) is 1.